The van der Waals surface area contributed by atoms with Crippen molar-refractivity contribution in [3.63, 3.8) is 0 Å². The Hall–Kier alpha value is -0.880. The number of ether oxygens (including phenoxy) is 2. The number of hydrogen-bond acceptors (Lipinski definition) is 5. The summed E-state index contributed by atoms with van der Waals surface area (Å²) in [5, 5.41) is 0. The lowest BCUT2D eigenvalue weighted by Crippen LogP contribution is -2.44. The molecule has 24 heavy (non-hydrogen) atoms. The SMILES string of the molecule is Cc1ccc(CN2CCOC[C@@]3(C[C@H](CN4CCCC4)CO3)C2)o1. The molecule has 1 aromatic heterocycles. The van der Waals surface area contributed by atoms with E-state index in [1.54, 1.807) is 0 Å². The third kappa shape index (κ3) is 3.85. The first-order chi connectivity index (χ1) is 11.7. The molecule has 0 radical (unpaired) electrons. The van der Waals surface area contributed by atoms with Crippen LogP contribution in [0.4, 0.5) is 0 Å². The maximum absolute atomic E-state index is 6.33. The molecule has 0 unspecified atom stereocenters. The monoisotopic (exact) mass is 334 g/mol. The van der Waals surface area contributed by atoms with E-state index in [1.807, 2.05) is 13.0 Å². The van der Waals surface area contributed by atoms with Crippen LogP contribution < -0.4 is 0 Å². The average Bonchev–Trinajstić information content (AvgIpc) is 3.25. The van der Waals surface area contributed by atoms with Crippen molar-refractivity contribution in [1.82, 2.24) is 9.80 Å². The van der Waals surface area contributed by atoms with Gasteiger partial charge in [-0.25, -0.2) is 0 Å². The molecule has 3 saturated heterocycles. The lowest BCUT2D eigenvalue weighted by molar-refractivity contribution is -0.0566. The maximum Gasteiger partial charge on any atom is 0.118 e. The minimum atomic E-state index is -0.122. The van der Waals surface area contributed by atoms with Crippen molar-refractivity contribution >= 4 is 0 Å². The van der Waals surface area contributed by atoms with Gasteiger partial charge in [-0.05, 0) is 57.3 Å². The van der Waals surface area contributed by atoms with Crippen LogP contribution in [0.25, 0.3) is 0 Å². The highest BCUT2D eigenvalue weighted by molar-refractivity contribution is 5.06. The molecule has 0 bridgehead atoms. The second-order valence-electron chi connectivity index (χ2n) is 7.85. The molecule has 5 heteroatoms. The fourth-order valence-corrected chi connectivity index (χ4v) is 4.51. The predicted octanol–water partition coefficient (Wildman–Crippen LogP) is 2.29. The van der Waals surface area contributed by atoms with Gasteiger partial charge in [-0.1, -0.05) is 0 Å². The van der Waals surface area contributed by atoms with E-state index in [0.717, 1.165) is 57.4 Å². The average molecular weight is 334 g/mol. The first-order valence-electron chi connectivity index (χ1n) is 9.43. The number of aryl methyl sites for hydroxylation is 1. The van der Waals surface area contributed by atoms with Crippen molar-refractivity contribution in [2.45, 2.75) is 38.3 Å². The Morgan fingerprint density at radius 2 is 2.04 bits per heavy atom. The molecule has 1 aromatic rings. The molecule has 3 aliphatic heterocycles. The minimum Gasteiger partial charge on any atom is -0.465 e. The molecular formula is C19H30N2O3. The van der Waals surface area contributed by atoms with E-state index < -0.39 is 0 Å². The lowest BCUT2D eigenvalue weighted by Gasteiger charge is -2.31. The molecule has 0 N–H and O–H groups in total. The molecule has 0 amide bonds. The number of hydrogen-bond donors (Lipinski definition) is 0. The normalized spacial score (nSPS) is 32.6. The van der Waals surface area contributed by atoms with Gasteiger partial charge in [0.1, 0.15) is 17.1 Å². The summed E-state index contributed by atoms with van der Waals surface area (Å²) < 4.78 is 18.0. The van der Waals surface area contributed by atoms with Crippen LogP contribution in [0.1, 0.15) is 30.8 Å². The van der Waals surface area contributed by atoms with E-state index in [-0.39, 0.29) is 5.60 Å². The van der Waals surface area contributed by atoms with E-state index in [2.05, 4.69) is 15.9 Å². The van der Waals surface area contributed by atoms with E-state index in [9.17, 15) is 0 Å². The molecule has 4 rings (SSSR count). The second-order valence-corrected chi connectivity index (χ2v) is 7.85. The number of likely N-dealkylation sites (tertiary alicyclic amines) is 1. The van der Waals surface area contributed by atoms with Gasteiger partial charge in [-0.15, -0.1) is 0 Å². The lowest BCUT2D eigenvalue weighted by atomic mass is 9.94. The highest BCUT2D eigenvalue weighted by atomic mass is 16.5. The fraction of sp³-hybridized carbons (Fsp3) is 0.789. The van der Waals surface area contributed by atoms with Gasteiger partial charge in [0.25, 0.3) is 0 Å². The largest absolute Gasteiger partial charge is 0.465 e. The van der Waals surface area contributed by atoms with Crippen LogP contribution in [0, 0.1) is 12.8 Å². The van der Waals surface area contributed by atoms with Crippen molar-refractivity contribution in [1.29, 1.82) is 0 Å². The van der Waals surface area contributed by atoms with Crippen molar-refractivity contribution in [2.75, 3.05) is 52.5 Å². The van der Waals surface area contributed by atoms with E-state index in [1.165, 1.54) is 32.5 Å². The summed E-state index contributed by atoms with van der Waals surface area (Å²) >= 11 is 0. The number of furan rings is 1. The van der Waals surface area contributed by atoms with Crippen molar-refractivity contribution < 1.29 is 13.9 Å². The first kappa shape index (κ1) is 16.6. The zero-order valence-corrected chi connectivity index (χ0v) is 14.8. The van der Waals surface area contributed by atoms with Crippen molar-refractivity contribution in [3.8, 4) is 0 Å². The zero-order chi connectivity index (χ0) is 16.4. The summed E-state index contributed by atoms with van der Waals surface area (Å²) in [6.45, 7) is 10.9. The summed E-state index contributed by atoms with van der Waals surface area (Å²) in [5.74, 6) is 2.67. The van der Waals surface area contributed by atoms with Crippen LogP contribution in [0.2, 0.25) is 0 Å². The molecule has 0 saturated carbocycles. The van der Waals surface area contributed by atoms with Gasteiger partial charge < -0.3 is 18.8 Å². The highest BCUT2D eigenvalue weighted by Crippen LogP contribution is 2.34. The molecule has 5 nitrogen and oxygen atoms in total. The van der Waals surface area contributed by atoms with Gasteiger partial charge in [0.05, 0.1) is 26.4 Å². The summed E-state index contributed by atoms with van der Waals surface area (Å²) in [7, 11) is 0. The van der Waals surface area contributed by atoms with E-state index >= 15 is 0 Å². The molecule has 0 aromatic carbocycles. The molecule has 4 heterocycles. The Bertz CT molecular complexity index is 540. The van der Waals surface area contributed by atoms with E-state index in [4.69, 9.17) is 13.9 Å². The standard InChI is InChI=1S/C19H30N2O3/c1-16-4-5-18(24-16)12-21-8-9-22-15-19(14-21)10-17(13-23-19)11-20-6-2-3-7-20/h4-5,17H,2-3,6-15H2,1H3/t17-,19-/m1/s1. The van der Waals surface area contributed by atoms with Gasteiger partial charge in [0.2, 0.25) is 0 Å². The van der Waals surface area contributed by atoms with Crippen LogP contribution in [-0.2, 0) is 16.0 Å². The van der Waals surface area contributed by atoms with Gasteiger partial charge in [-0.2, -0.15) is 0 Å². The van der Waals surface area contributed by atoms with Crippen molar-refractivity contribution in [3.05, 3.63) is 23.7 Å². The maximum atomic E-state index is 6.33. The summed E-state index contributed by atoms with van der Waals surface area (Å²) in [5.41, 5.74) is -0.122. The predicted molar refractivity (Wildman–Crippen MR) is 92.0 cm³/mol. The Morgan fingerprint density at radius 1 is 1.17 bits per heavy atom. The number of rotatable bonds is 4. The highest BCUT2D eigenvalue weighted by Gasteiger charge is 2.43. The van der Waals surface area contributed by atoms with Gasteiger partial charge in [0, 0.05) is 19.6 Å². The molecule has 134 valence electrons. The Balaban J connectivity index is 1.36. The van der Waals surface area contributed by atoms with Gasteiger partial charge in [-0.3, -0.25) is 4.90 Å². The molecule has 1 spiro atoms. The first-order valence-corrected chi connectivity index (χ1v) is 9.43. The quantitative estimate of drug-likeness (QED) is 0.845. The summed E-state index contributed by atoms with van der Waals surface area (Å²) in [6.07, 6.45) is 3.84. The summed E-state index contributed by atoms with van der Waals surface area (Å²) in [4.78, 5) is 5.04. The number of nitrogens with zero attached hydrogens (tertiary/aromatic N) is 2. The molecule has 2 atom stereocenters. The molecular weight excluding hydrogens is 304 g/mol. The Kier molecular flexibility index (Phi) is 4.95. The Labute approximate surface area is 144 Å². The van der Waals surface area contributed by atoms with Crippen LogP contribution in [-0.4, -0.2) is 67.9 Å². The molecule has 0 aliphatic carbocycles. The summed E-state index contributed by atoms with van der Waals surface area (Å²) in [6, 6.07) is 4.12. The van der Waals surface area contributed by atoms with Crippen LogP contribution in [0.3, 0.4) is 0 Å². The Morgan fingerprint density at radius 3 is 2.83 bits per heavy atom. The van der Waals surface area contributed by atoms with Gasteiger partial charge in [0.15, 0.2) is 0 Å². The van der Waals surface area contributed by atoms with Crippen LogP contribution in [0.15, 0.2) is 16.5 Å². The minimum absolute atomic E-state index is 0.122. The van der Waals surface area contributed by atoms with Gasteiger partial charge >= 0.3 is 0 Å². The molecule has 3 aliphatic rings. The van der Waals surface area contributed by atoms with Crippen LogP contribution in [0.5, 0.6) is 0 Å². The molecule has 3 fully saturated rings. The van der Waals surface area contributed by atoms with Crippen LogP contribution >= 0.6 is 0 Å². The zero-order valence-electron chi connectivity index (χ0n) is 14.8. The smallest absolute Gasteiger partial charge is 0.118 e. The van der Waals surface area contributed by atoms with Crippen molar-refractivity contribution in [2.24, 2.45) is 5.92 Å². The second kappa shape index (κ2) is 7.16. The third-order valence-electron chi connectivity index (χ3n) is 5.61. The fourth-order valence-electron chi connectivity index (χ4n) is 4.51. The third-order valence-corrected chi connectivity index (χ3v) is 5.61. The van der Waals surface area contributed by atoms with E-state index in [0.29, 0.717) is 5.92 Å². The topological polar surface area (TPSA) is 38.1 Å².